The number of carbonyl (C=O) groups is 1. The average molecular weight is 344 g/mol. The lowest BCUT2D eigenvalue weighted by Crippen LogP contribution is -2.14. The average Bonchev–Trinajstić information content (AvgIpc) is 2.96. The topological polar surface area (TPSA) is 76.8 Å². The van der Waals surface area contributed by atoms with Gasteiger partial charge >= 0.3 is 5.97 Å². The number of ether oxygens (including phenoxy) is 1. The van der Waals surface area contributed by atoms with E-state index in [9.17, 15) is 9.59 Å². The summed E-state index contributed by atoms with van der Waals surface area (Å²) in [6, 6.07) is 8.53. The minimum absolute atomic E-state index is 0.000773. The lowest BCUT2D eigenvalue weighted by molar-refractivity contribution is 0.0471. The molecule has 0 N–H and O–H groups in total. The van der Waals surface area contributed by atoms with Gasteiger partial charge in [0.05, 0.1) is 5.56 Å². The van der Waals surface area contributed by atoms with Crippen molar-refractivity contribution in [2.45, 2.75) is 13.5 Å². The van der Waals surface area contributed by atoms with Crippen molar-refractivity contribution < 1.29 is 9.53 Å². The Balaban J connectivity index is 1.72. The van der Waals surface area contributed by atoms with Crippen LogP contribution in [0.5, 0.6) is 0 Å². The van der Waals surface area contributed by atoms with E-state index in [2.05, 4.69) is 10.1 Å². The minimum atomic E-state index is -0.434. The van der Waals surface area contributed by atoms with E-state index in [0.29, 0.717) is 21.2 Å². The molecule has 7 nitrogen and oxygen atoms in total. The predicted molar refractivity (Wildman–Crippen MR) is 91.8 cm³/mol. The summed E-state index contributed by atoms with van der Waals surface area (Å²) < 4.78 is 6.48. The molecule has 0 saturated carbocycles. The molecule has 8 heteroatoms. The van der Waals surface area contributed by atoms with Gasteiger partial charge in [0, 0.05) is 31.5 Å². The lowest BCUT2D eigenvalue weighted by atomic mass is 10.2. The van der Waals surface area contributed by atoms with Crippen LogP contribution in [-0.4, -0.2) is 34.7 Å². The zero-order chi connectivity index (χ0) is 17.3. The molecule has 0 aliphatic carbocycles. The van der Waals surface area contributed by atoms with E-state index in [1.54, 1.807) is 19.1 Å². The number of hydrogen-bond donors (Lipinski definition) is 0. The number of esters is 1. The Kier molecular flexibility index (Phi) is 4.30. The smallest absolute Gasteiger partial charge is 0.338 e. The van der Waals surface area contributed by atoms with Gasteiger partial charge in [0.15, 0.2) is 5.01 Å². The summed E-state index contributed by atoms with van der Waals surface area (Å²) in [4.78, 5) is 30.6. The third kappa shape index (κ3) is 3.28. The van der Waals surface area contributed by atoms with Crippen LogP contribution < -0.4 is 10.5 Å². The fraction of sp³-hybridized carbons (Fsp3) is 0.250. The van der Waals surface area contributed by atoms with Gasteiger partial charge in [-0.3, -0.25) is 4.79 Å². The molecule has 0 unspecified atom stereocenters. The largest absolute Gasteiger partial charge is 0.455 e. The number of fused-ring (bicyclic) bond motifs is 1. The third-order valence-corrected chi connectivity index (χ3v) is 4.24. The van der Waals surface area contributed by atoms with Crippen LogP contribution in [0.2, 0.25) is 0 Å². The van der Waals surface area contributed by atoms with Crippen molar-refractivity contribution >= 4 is 28.0 Å². The Morgan fingerprint density at radius 3 is 2.67 bits per heavy atom. The van der Waals surface area contributed by atoms with Crippen molar-refractivity contribution in [2.75, 3.05) is 19.0 Å². The van der Waals surface area contributed by atoms with Crippen LogP contribution in [0.4, 0.5) is 5.69 Å². The molecule has 0 fully saturated rings. The summed E-state index contributed by atoms with van der Waals surface area (Å²) in [5.41, 5.74) is 1.85. The Morgan fingerprint density at radius 2 is 2.00 bits per heavy atom. The van der Waals surface area contributed by atoms with Gasteiger partial charge in [-0.1, -0.05) is 11.3 Å². The summed E-state index contributed by atoms with van der Waals surface area (Å²) in [7, 11) is 3.86. The summed E-state index contributed by atoms with van der Waals surface area (Å²) >= 11 is 1.23. The van der Waals surface area contributed by atoms with Crippen LogP contribution in [0.3, 0.4) is 0 Å². The van der Waals surface area contributed by atoms with Crippen LogP contribution in [0.1, 0.15) is 21.1 Å². The highest BCUT2D eigenvalue weighted by Crippen LogP contribution is 2.15. The minimum Gasteiger partial charge on any atom is -0.455 e. The number of aromatic nitrogens is 3. The van der Waals surface area contributed by atoms with E-state index >= 15 is 0 Å². The second-order valence-electron chi connectivity index (χ2n) is 5.44. The summed E-state index contributed by atoms with van der Waals surface area (Å²) in [5.74, 6) is -0.434. The molecule has 0 spiro atoms. The molecule has 0 bridgehead atoms. The zero-order valence-corrected chi connectivity index (χ0v) is 14.3. The number of hydrogen-bond acceptors (Lipinski definition) is 7. The number of anilines is 1. The van der Waals surface area contributed by atoms with Crippen molar-refractivity contribution in [3.05, 3.63) is 57.0 Å². The summed E-state index contributed by atoms with van der Waals surface area (Å²) in [5, 5.41) is 4.65. The Hall–Kier alpha value is -2.74. The third-order valence-electron chi connectivity index (χ3n) is 3.36. The molecule has 3 rings (SSSR count). The highest BCUT2D eigenvalue weighted by molar-refractivity contribution is 7.16. The molecular weight excluding hydrogens is 328 g/mol. The number of nitrogens with zero attached hydrogens (tertiary/aromatic N) is 4. The quantitative estimate of drug-likeness (QED) is 0.673. The van der Waals surface area contributed by atoms with Crippen LogP contribution in [0.15, 0.2) is 35.1 Å². The monoisotopic (exact) mass is 344 g/mol. The molecule has 0 amide bonds. The normalized spacial score (nSPS) is 10.8. The molecule has 2 aromatic heterocycles. The number of aryl methyl sites for hydroxylation is 1. The van der Waals surface area contributed by atoms with Gasteiger partial charge in [0.2, 0.25) is 4.96 Å². The Bertz CT molecular complexity index is 944. The summed E-state index contributed by atoms with van der Waals surface area (Å²) in [6.07, 6.45) is 0. The van der Waals surface area contributed by atoms with Crippen LogP contribution in [0, 0.1) is 6.92 Å². The van der Waals surface area contributed by atoms with E-state index in [4.69, 9.17) is 4.74 Å². The molecule has 3 aromatic rings. The molecular formula is C16H16N4O3S. The van der Waals surface area contributed by atoms with Crippen LogP contribution in [-0.2, 0) is 11.3 Å². The number of rotatable bonds is 4. The first-order valence-corrected chi connectivity index (χ1v) is 8.06. The van der Waals surface area contributed by atoms with Crippen molar-refractivity contribution in [1.29, 1.82) is 0 Å². The van der Waals surface area contributed by atoms with Gasteiger partial charge < -0.3 is 9.64 Å². The fourth-order valence-electron chi connectivity index (χ4n) is 2.12. The van der Waals surface area contributed by atoms with Gasteiger partial charge in [-0.25, -0.2) is 9.78 Å². The van der Waals surface area contributed by atoms with Crippen molar-refractivity contribution in [3.8, 4) is 0 Å². The van der Waals surface area contributed by atoms with Crippen LogP contribution >= 0.6 is 11.3 Å². The molecule has 0 atom stereocenters. The maximum atomic E-state index is 12.1. The zero-order valence-electron chi connectivity index (χ0n) is 13.5. The second kappa shape index (κ2) is 6.40. The van der Waals surface area contributed by atoms with Crippen molar-refractivity contribution in [2.24, 2.45) is 0 Å². The Morgan fingerprint density at radius 1 is 1.29 bits per heavy atom. The maximum absolute atomic E-state index is 12.1. The van der Waals surface area contributed by atoms with E-state index in [-0.39, 0.29) is 12.2 Å². The molecule has 124 valence electrons. The first kappa shape index (κ1) is 16.1. The first-order valence-electron chi connectivity index (χ1n) is 7.25. The van der Waals surface area contributed by atoms with E-state index in [1.165, 1.54) is 21.9 Å². The molecule has 0 radical (unpaired) electrons. The molecule has 0 saturated heterocycles. The standard InChI is InChI=1S/C16H16N4O3S/c1-10-8-14(21)20-16(17-10)24-13(18-20)9-23-15(22)11-4-6-12(7-5-11)19(2)3/h4-8H,9H2,1-3H3. The van der Waals surface area contributed by atoms with E-state index < -0.39 is 5.97 Å². The SMILES string of the molecule is Cc1cc(=O)n2nc(COC(=O)c3ccc(N(C)C)cc3)sc2n1. The van der Waals surface area contributed by atoms with Crippen molar-refractivity contribution in [3.63, 3.8) is 0 Å². The number of benzene rings is 1. The van der Waals surface area contributed by atoms with Crippen LogP contribution in [0.25, 0.3) is 4.96 Å². The lowest BCUT2D eigenvalue weighted by Gasteiger charge is -2.12. The van der Waals surface area contributed by atoms with Crippen molar-refractivity contribution in [1.82, 2.24) is 14.6 Å². The summed E-state index contributed by atoms with van der Waals surface area (Å²) in [6.45, 7) is 1.75. The molecule has 0 aliphatic heterocycles. The van der Waals surface area contributed by atoms with Gasteiger partial charge in [0.1, 0.15) is 6.61 Å². The van der Waals surface area contributed by atoms with E-state index in [0.717, 1.165) is 5.69 Å². The number of carbonyl (C=O) groups excluding carboxylic acids is 1. The second-order valence-corrected chi connectivity index (χ2v) is 6.48. The van der Waals surface area contributed by atoms with Gasteiger partial charge in [-0.05, 0) is 31.2 Å². The fourth-order valence-corrected chi connectivity index (χ4v) is 2.98. The van der Waals surface area contributed by atoms with Gasteiger partial charge in [-0.2, -0.15) is 9.61 Å². The molecule has 2 heterocycles. The highest BCUT2D eigenvalue weighted by Gasteiger charge is 2.12. The van der Waals surface area contributed by atoms with Gasteiger partial charge in [0.25, 0.3) is 5.56 Å². The highest BCUT2D eigenvalue weighted by atomic mass is 32.1. The molecule has 24 heavy (non-hydrogen) atoms. The first-order chi connectivity index (χ1) is 11.4. The van der Waals surface area contributed by atoms with Gasteiger partial charge in [-0.15, -0.1) is 0 Å². The molecule has 0 aliphatic rings. The maximum Gasteiger partial charge on any atom is 0.338 e. The van der Waals surface area contributed by atoms with E-state index in [1.807, 2.05) is 31.1 Å². The molecule has 1 aromatic carbocycles. The Labute approximate surface area is 142 Å². The predicted octanol–water partition coefficient (Wildman–Crippen LogP) is 1.88.